The molecule has 0 radical (unpaired) electrons. The summed E-state index contributed by atoms with van der Waals surface area (Å²) in [6, 6.07) is 3.77. The monoisotopic (exact) mass is 353 g/mol. The fourth-order valence-corrected chi connectivity index (χ4v) is 3.84. The number of rotatable bonds is 7. The molecule has 0 saturated carbocycles. The molecule has 7 nitrogen and oxygen atoms in total. The first-order valence-electron chi connectivity index (χ1n) is 8.00. The van der Waals surface area contributed by atoms with E-state index in [1.54, 1.807) is 17.0 Å². The van der Waals surface area contributed by atoms with Crippen LogP contribution in [-0.2, 0) is 34.2 Å². The topological polar surface area (TPSA) is 77.6 Å². The van der Waals surface area contributed by atoms with Gasteiger partial charge in [-0.15, -0.1) is 0 Å². The summed E-state index contributed by atoms with van der Waals surface area (Å²) in [4.78, 5) is 6.21. The number of hydrogen-bond acceptors (Lipinski definition) is 6. The quantitative estimate of drug-likeness (QED) is 0.754. The van der Waals surface area contributed by atoms with Crippen LogP contribution in [0.1, 0.15) is 24.3 Å². The van der Waals surface area contributed by atoms with Crippen LogP contribution in [0.2, 0.25) is 0 Å². The Morgan fingerprint density at radius 3 is 2.88 bits per heavy atom. The number of nitrogens with zero attached hydrogens (tertiary/aromatic N) is 3. The Labute approximate surface area is 142 Å². The molecule has 132 valence electrons. The minimum atomic E-state index is -3.38. The molecule has 0 amide bonds. The summed E-state index contributed by atoms with van der Waals surface area (Å²) in [7, 11) is -1.42. The summed E-state index contributed by atoms with van der Waals surface area (Å²) in [6.07, 6.45) is 6.49. The first-order valence-corrected chi connectivity index (χ1v) is 9.89. The lowest BCUT2D eigenvalue weighted by molar-refractivity contribution is 0.0933. The molecule has 24 heavy (non-hydrogen) atoms. The molecule has 0 aromatic carbocycles. The van der Waals surface area contributed by atoms with Crippen LogP contribution in [0.5, 0.6) is 0 Å². The second-order valence-electron chi connectivity index (χ2n) is 6.30. The molecular weight excluding hydrogens is 330 g/mol. The van der Waals surface area contributed by atoms with Gasteiger partial charge in [-0.05, 0) is 32.0 Å². The van der Waals surface area contributed by atoms with E-state index in [0.29, 0.717) is 19.6 Å². The van der Waals surface area contributed by atoms with Crippen molar-refractivity contribution in [1.29, 1.82) is 0 Å². The second kappa shape index (κ2) is 7.08. The van der Waals surface area contributed by atoms with E-state index in [4.69, 9.17) is 9.15 Å². The number of hydrogen-bond donors (Lipinski definition) is 0. The molecule has 1 atom stereocenters. The first-order chi connectivity index (χ1) is 11.4. The van der Waals surface area contributed by atoms with Gasteiger partial charge in [0.25, 0.3) is 0 Å². The molecule has 0 N–H and O–H groups in total. The van der Waals surface area contributed by atoms with Gasteiger partial charge in [0.2, 0.25) is 15.0 Å². The minimum Gasteiger partial charge on any atom is -0.468 e. The number of sulfone groups is 1. The van der Waals surface area contributed by atoms with Gasteiger partial charge in [-0.2, -0.15) is 0 Å². The maximum atomic E-state index is 12.0. The van der Waals surface area contributed by atoms with Gasteiger partial charge in [0.15, 0.2) is 0 Å². The minimum absolute atomic E-state index is 0.0498. The molecule has 2 aromatic rings. The number of ether oxygens (including phenoxy) is 1. The number of imidazole rings is 1. The van der Waals surface area contributed by atoms with Crippen molar-refractivity contribution in [2.75, 3.05) is 19.9 Å². The summed E-state index contributed by atoms with van der Waals surface area (Å²) in [5.74, 6) is 0.867. The zero-order valence-corrected chi connectivity index (χ0v) is 14.8. The third-order valence-corrected chi connectivity index (χ3v) is 5.07. The molecule has 0 spiro atoms. The number of aromatic nitrogens is 2. The molecule has 0 bridgehead atoms. The van der Waals surface area contributed by atoms with Gasteiger partial charge >= 0.3 is 0 Å². The SMILES string of the molecule is CN(Cc1ccco1)Cc1cnc(S(C)(=O)=O)n1CC1CCCO1. The van der Waals surface area contributed by atoms with Crippen LogP contribution in [0.15, 0.2) is 34.2 Å². The highest BCUT2D eigenvalue weighted by Crippen LogP contribution is 2.20. The molecule has 1 fully saturated rings. The highest BCUT2D eigenvalue weighted by atomic mass is 32.2. The second-order valence-corrected chi connectivity index (χ2v) is 8.21. The van der Waals surface area contributed by atoms with Gasteiger partial charge in [-0.3, -0.25) is 4.90 Å². The van der Waals surface area contributed by atoms with Crippen molar-refractivity contribution in [3.8, 4) is 0 Å². The Hall–Kier alpha value is -1.64. The molecule has 0 aliphatic carbocycles. The lowest BCUT2D eigenvalue weighted by atomic mass is 10.2. The van der Waals surface area contributed by atoms with Crippen molar-refractivity contribution in [3.63, 3.8) is 0 Å². The van der Waals surface area contributed by atoms with E-state index >= 15 is 0 Å². The molecule has 1 saturated heterocycles. The summed E-state index contributed by atoms with van der Waals surface area (Å²) in [5.41, 5.74) is 0.861. The van der Waals surface area contributed by atoms with Crippen LogP contribution in [0.25, 0.3) is 0 Å². The van der Waals surface area contributed by atoms with E-state index in [9.17, 15) is 8.42 Å². The van der Waals surface area contributed by atoms with Crippen LogP contribution < -0.4 is 0 Å². The van der Waals surface area contributed by atoms with Crippen LogP contribution in [-0.4, -0.2) is 48.9 Å². The van der Waals surface area contributed by atoms with Gasteiger partial charge in [0.1, 0.15) is 5.76 Å². The van der Waals surface area contributed by atoms with Crippen molar-refractivity contribution in [3.05, 3.63) is 36.0 Å². The van der Waals surface area contributed by atoms with E-state index < -0.39 is 9.84 Å². The molecule has 1 aliphatic rings. The van der Waals surface area contributed by atoms with Crippen molar-refractivity contribution in [2.45, 2.75) is 43.7 Å². The third-order valence-electron chi connectivity index (χ3n) is 4.08. The van der Waals surface area contributed by atoms with Gasteiger partial charge in [0, 0.05) is 19.4 Å². The van der Waals surface area contributed by atoms with E-state index in [2.05, 4.69) is 9.88 Å². The zero-order valence-electron chi connectivity index (χ0n) is 14.0. The standard InChI is InChI=1S/C16H23N3O4S/c1-18(11-14-5-3-7-22-14)10-13-9-17-16(24(2,20)21)19(13)12-15-6-4-8-23-15/h3,5,7,9,15H,4,6,8,10-12H2,1-2H3. The highest BCUT2D eigenvalue weighted by molar-refractivity contribution is 7.90. The van der Waals surface area contributed by atoms with E-state index in [0.717, 1.165) is 30.9 Å². The van der Waals surface area contributed by atoms with E-state index in [1.165, 1.54) is 6.26 Å². The summed E-state index contributed by atoms with van der Waals surface area (Å²) in [6.45, 7) is 2.48. The van der Waals surface area contributed by atoms with Crippen molar-refractivity contribution < 1.29 is 17.6 Å². The van der Waals surface area contributed by atoms with Crippen LogP contribution in [0.4, 0.5) is 0 Å². The molecule has 3 rings (SSSR count). The predicted octanol–water partition coefficient (Wildman–Crippen LogP) is 1.69. The normalized spacial score (nSPS) is 18.5. The van der Waals surface area contributed by atoms with Gasteiger partial charge in [-0.1, -0.05) is 0 Å². The fraction of sp³-hybridized carbons (Fsp3) is 0.562. The van der Waals surface area contributed by atoms with Crippen molar-refractivity contribution in [1.82, 2.24) is 14.5 Å². The maximum absolute atomic E-state index is 12.0. The highest BCUT2D eigenvalue weighted by Gasteiger charge is 2.24. The molecule has 3 heterocycles. The average Bonchev–Trinajstić information content (AvgIpc) is 3.21. The molecule has 1 unspecified atom stereocenters. The van der Waals surface area contributed by atoms with Crippen molar-refractivity contribution >= 4 is 9.84 Å². The predicted molar refractivity (Wildman–Crippen MR) is 88.2 cm³/mol. The summed E-state index contributed by atoms with van der Waals surface area (Å²) in [5, 5.41) is 0.111. The van der Waals surface area contributed by atoms with Crippen LogP contribution >= 0.6 is 0 Å². The van der Waals surface area contributed by atoms with Crippen molar-refractivity contribution in [2.24, 2.45) is 0 Å². The Kier molecular flexibility index (Phi) is 5.07. The van der Waals surface area contributed by atoms with E-state index in [-0.39, 0.29) is 11.3 Å². The molecular formula is C16H23N3O4S. The van der Waals surface area contributed by atoms with Crippen LogP contribution in [0.3, 0.4) is 0 Å². The summed E-state index contributed by atoms with van der Waals surface area (Å²) >= 11 is 0. The Balaban J connectivity index is 1.79. The zero-order chi connectivity index (χ0) is 17.2. The maximum Gasteiger partial charge on any atom is 0.227 e. The fourth-order valence-electron chi connectivity index (χ4n) is 3.00. The molecule has 2 aromatic heterocycles. The lowest BCUT2D eigenvalue weighted by Crippen LogP contribution is -2.24. The Bertz CT molecular complexity index is 761. The summed E-state index contributed by atoms with van der Waals surface area (Å²) < 4.78 is 36.9. The Morgan fingerprint density at radius 1 is 1.42 bits per heavy atom. The average molecular weight is 353 g/mol. The Morgan fingerprint density at radius 2 is 2.25 bits per heavy atom. The third kappa shape index (κ3) is 4.06. The molecule has 1 aliphatic heterocycles. The van der Waals surface area contributed by atoms with E-state index in [1.807, 2.05) is 19.2 Å². The van der Waals surface area contributed by atoms with Gasteiger partial charge in [-0.25, -0.2) is 13.4 Å². The van der Waals surface area contributed by atoms with Crippen LogP contribution in [0, 0.1) is 0 Å². The first kappa shape index (κ1) is 17.2. The lowest BCUT2D eigenvalue weighted by Gasteiger charge is -2.19. The number of furan rings is 1. The van der Waals surface area contributed by atoms with Gasteiger partial charge < -0.3 is 13.7 Å². The van der Waals surface area contributed by atoms with Gasteiger partial charge in [0.05, 0.1) is 37.3 Å². The largest absolute Gasteiger partial charge is 0.468 e. The molecule has 8 heteroatoms. The smallest absolute Gasteiger partial charge is 0.227 e.